The Hall–Kier alpha value is -2.72. The summed E-state index contributed by atoms with van der Waals surface area (Å²) in [7, 11) is 0. The highest BCUT2D eigenvalue weighted by molar-refractivity contribution is 5.51. The fourth-order valence-corrected chi connectivity index (χ4v) is 3.58. The number of anilines is 1. The van der Waals surface area contributed by atoms with Gasteiger partial charge in [-0.1, -0.05) is 19.4 Å². The Morgan fingerprint density at radius 3 is 2.58 bits per heavy atom. The molecule has 3 aromatic heterocycles. The number of nitrogens with zero attached hydrogens (tertiary/aromatic N) is 4. The first-order valence-electron chi connectivity index (χ1n) is 9.99. The van der Waals surface area contributed by atoms with Crippen molar-refractivity contribution in [3.8, 4) is 0 Å². The zero-order chi connectivity index (χ0) is 22.6. The van der Waals surface area contributed by atoms with E-state index in [9.17, 15) is 26.3 Å². The van der Waals surface area contributed by atoms with E-state index in [4.69, 9.17) is 0 Å². The molecule has 0 aromatic carbocycles. The highest BCUT2D eigenvalue weighted by Crippen LogP contribution is 2.30. The minimum absolute atomic E-state index is 0.176. The summed E-state index contributed by atoms with van der Waals surface area (Å²) in [5.74, 6) is -0.461. The Balaban J connectivity index is 1.63. The normalized spacial score (nSPS) is 13.3. The van der Waals surface area contributed by atoms with Gasteiger partial charge in [0.1, 0.15) is 18.0 Å². The van der Waals surface area contributed by atoms with Crippen LogP contribution in [0.4, 0.5) is 32.2 Å². The molecule has 3 rings (SSSR count). The minimum atomic E-state index is -4.53. The number of hydrogen-bond acceptors (Lipinski definition) is 3. The van der Waals surface area contributed by atoms with Gasteiger partial charge in [-0.15, -0.1) is 5.10 Å². The van der Waals surface area contributed by atoms with E-state index in [1.54, 1.807) is 12.1 Å². The van der Waals surface area contributed by atoms with Gasteiger partial charge in [0, 0.05) is 24.5 Å². The van der Waals surface area contributed by atoms with Crippen molar-refractivity contribution in [1.82, 2.24) is 19.2 Å². The molecule has 0 fully saturated rings. The van der Waals surface area contributed by atoms with Crippen LogP contribution in [0.2, 0.25) is 0 Å². The van der Waals surface area contributed by atoms with Crippen LogP contribution in [0.5, 0.6) is 0 Å². The molecule has 31 heavy (non-hydrogen) atoms. The van der Waals surface area contributed by atoms with Gasteiger partial charge >= 0.3 is 6.18 Å². The van der Waals surface area contributed by atoms with Crippen LogP contribution < -0.4 is 5.32 Å². The number of nitrogens with one attached hydrogen (secondary N) is 1. The Morgan fingerprint density at radius 1 is 1.13 bits per heavy atom. The number of halogens is 6. The summed E-state index contributed by atoms with van der Waals surface area (Å²) >= 11 is 0. The van der Waals surface area contributed by atoms with E-state index in [-0.39, 0.29) is 11.6 Å². The zero-order valence-electron chi connectivity index (χ0n) is 16.8. The summed E-state index contributed by atoms with van der Waals surface area (Å²) in [5, 5.41) is 6.63. The minimum Gasteiger partial charge on any atom is -0.371 e. The molecule has 0 radical (unpaired) electrons. The van der Waals surface area contributed by atoms with E-state index in [0.717, 1.165) is 17.3 Å². The van der Waals surface area contributed by atoms with Gasteiger partial charge in [-0.2, -0.15) is 17.6 Å². The molecular formula is C20H23F6N5. The van der Waals surface area contributed by atoms with Gasteiger partial charge < -0.3 is 5.32 Å². The molecule has 1 N–H and O–H groups in total. The lowest BCUT2D eigenvalue weighted by Crippen LogP contribution is -2.08. The maximum Gasteiger partial charge on any atom is 0.434 e. The standard InChI is InChI=1S/C20H23F6N5/c1-2-5-13(14-10-30(12-16(21)22)29-19(14)23)6-4-9-27-17-7-3-8-18-28-15(11-31(17)18)20(24,25)26/h3,7-8,10-11,13,16,27H,2,4-6,9,12H2,1H3. The predicted octanol–water partition coefficient (Wildman–Crippen LogP) is 5.73. The van der Waals surface area contributed by atoms with Gasteiger partial charge in [-0.3, -0.25) is 9.08 Å². The molecule has 0 aliphatic heterocycles. The van der Waals surface area contributed by atoms with Gasteiger partial charge in [-0.05, 0) is 37.3 Å². The first kappa shape index (κ1) is 23.0. The maximum absolute atomic E-state index is 14.2. The second-order valence-electron chi connectivity index (χ2n) is 7.31. The average Bonchev–Trinajstić information content (AvgIpc) is 3.27. The molecule has 0 saturated heterocycles. The summed E-state index contributed by atoms with van der Waals surface area (Å²) in [6.45, 7) is 1.72. The molecule has 170 valence electrons. The van der Waals surface area contributed by atoms with E-state index in [0.29, 0.717) is 37.2 Å². The molecule has 3 heterocycles. The van der Waals surface area contributed by atoms with Gasteiger partial charge in [0.15, 0.2) is 5.69 Å². The molecule has 11 heteroatoms. The van der Waals surface area contributed by atoms with Crippen LogP contribution in [0.25, 0.3) is 5.65 Å². The summed E-state index contributed by atoms with van der Waals surface area (Å²) in [6.07, 6.45) is -2.26. The molecule has 0 amide bonds. The number of fused-ring (bicyclic) bond motifs is 1. The number of imidazole rings is 1. The van der Waals surface area contributed by atoms with Crippen LogP contribution in [0, 0.1) is 5.95 Å². The summed E-state index contributed by atoms with van der Waals surface area (Å²) in [5.41, 5.74) is -0.482. The van der Waals surface area contributed by atoms with Crippen LogP contribution in [-0.2, 0) is 12.7 Å². The van der Waals surface area contributed by atoms with Crippen molar-refractivity contribution in [2.45, 2.75) is 57.7 Å². The topological polar surface area (TPSA) is 47.2 Å². The Kier molecular flexibility index (Phi) is 7.11. The van der Waals surface area contributed by atoms with Gasteiger partial charge in [0.2, 0.25) is 5.95 Å². The fourth-order valence-electron chi connectivity index (χ4n) is 3.58. The fraction of sp³-hybridized carbons (Fsp3) is 0.500. The van der Waals surface area contributed by atoms with Gasteiger partial charge in [-0.25, -0.2) is 13.8 Å². The first-order valence-corrected chi connectivity index (χ1v) is 9.99. The zero-order valence-corrected chi connectivity index (χ0v) is 16.8. The number of hydrogen-bond donors (Lipinski definition) is 1. The predicted molar refractivity (Wildman–Crippen MR) is 104 cm³/mol. The second kappa shape index (κ2) is 9.61. The monoisotopic (exact) mass is 447 g/mol. The Labute approximate surface area is 175 Å². The summed E-state index contributed by atoms with van der Waals surface area (Å²) in [4.78, 5) is 3.59. The molecule has 0 bridgehead atoms. The molecule has 0 aliphatic carbocycles. The quantitative estimate of drug-likeness (QED) is 0.319. The van der Waals surface area contributed by atoms with Crippen LogP contribution in [0.15, 0.2) is 30.6 Å². The summed E-state index contributed by atoms with van der Waals surface area (Å²) in [6, 6.07) is 4.74. The third-order valence-corrected chi connectivity index (χ3v) is 4.96. The molecule has 1 atom stereocenters. The van der Waals surface area contributed by atoms with Crippen molar-refractivity contribution in [1.29, 1.82) is 0 Å². The van der Waals surface area contributed by atoms with Crippen molar-refractivity contribution >= 4 is 11.5 Å². The molecule has 3 aromatic rings. The Morgan fingerprint density at radius 2 is 1.90 bits per heavy atom. The lowest BCUT2D eigenvalue weighted by atomic mass is 9.92. The van der Waals surface area contributed by atoms with Crippen molar-refractivity contribution in [3.63, 3.8) is 0 Å². The average molecular weight is 447 g/mol. The Bertz CT molecular complexity index is 994. The van der Waals surface area contributed by atoms with Gasteiger partial charge in [0.05, 0.1) is 0 Å². The van der Waals surface area contributed by atoms with Crippen molar-refractivity contribution in [2.24, 2.45) is 0 Å². The van der Waals surface area contributed by atoms with Crippen molar-refractivity contribution in [2.75, 3.05) is 11.9 Å². The maximum atomic E-state index is 14.2. The van der Waals surface area contributed by atoms with E-state index in [2.05, 4.69) is 15.4 Å². The van der Waals surface area contributed by atoms with Crippen LogP contribution in [0.3, 0.4) is 0 Å². The number of rotatable bonds is 10. The number of pyridine rings is 1. The SMILES string of the molecule is CCCC(CCCNc1cccc2nc(C(F)(F)F)cn12)c1cn(CC(F)F)nc1F. The molecule has 5 nitrogen and oxygen atoms in total. The van der Waals surface area contributed by atoms with Gasteiger partial charge in [0.25, 0.3) is 6.43 Å². The van der Waals surface area contributed by atoms with E-state index >= 15 is 0 Å². The number of aromatic nitrogens is 4. The lowest BCUT2D eigenvalue weighted by molar-refractivity contribution is -0.140. The first-order chi connectivity index (χ1) is 14.7. The molecule has 0 spiro atoms. The van der Waals surface area contributed by atoms with Crippen LogP contribution in [0.1, 0.15) is 49.8 Å². The summed E-state index contributed by atoms with van der Waals surface area (Å²) < 4.78 is 80.3. The van der Waals surface area contributed by atoms with E-state index < -0.39 is 30.8 Å². The molecule has 1 unspecified atom stereocenters. The van der Waals surface area contributed by atoms with E-state index in [1.807, 2.05) is 6.92 Å². The highest BCUT2D eigenvalue weighted by Gasteiger charge is 2.34. The van der Waals surface area contributed by atoms with Crippen molar-refractivity contribution < 1.29 is 26.3 Å². The van der Waals surface area contributed by atoms with Crippen molar-refractivity contribution in [3.05, 3.63) is 47.8 Å². The van der Waals surface area contributed by atoms with Crippen LogP contribution in [-0.4, -0.2) is 32.1 Å². The molecular weight excluding hydrogens is 424 g/mol. The third kappa shape index (κ3) is 5.71. The smallest absolute Gasteiger partial charge is 0.371 e. The number of alkyl halides is 5. The van der Waals surface area contributed by atoms with E-state index in [1.165, 1.54) is 16.7 Å². The lowest BCUT2D eigenvalue weighted by Gasteiger charge is -2.15. The molecule has 0 aliphatic rings. The second-order valence-corrected chi connectivity index (χ2v) is 7.31. The highest BCUT2D eigenvalue weighted by atomic mass is 19.4. The third-order valence-electron chi connectivity index (χ3n) is 4.96. The largest absolute Gasteiger partial charge is 0.434 e. The molecule has 0 saturated carbocycles. The van der Waals surface area contributed by atoms with Crippen LogP contribution >= 0.6 is 0 Å².